The second-order valence-electron chi connectivity index (χ2n) is 4.23. The molecule has 1 aliphatic heterocycles. The van der Waals surface area contributed by atoms with Crippen LogP contribution in [0.2, 0.25) is 0 Å². The Morgan fingerprint density at radius 2 is 1.83 bits per heavy atom. The molecule has 0 saturated carbocycles. The summed E-state index contributed by atoms with van der Waals surface area (Å²) >= 11 is 3.66. The maximum atomic E-state index is 3.66. The number of benzene rings is 1. The van der Waals surface area contributed by atoms with E-state index in [9.17, 15) is 0 Å². The fourth-order valence-electron chi connectivity index (χ4n) is 2.41. The van der Waals surface area contributed by atoms with Crippen LogP contribution < -0.4 is 5.32 Å². The molecule has 1 N–H and O–H groups in total. The summed E-state index contributed by atoms with van der Waals surface area (Å²) in [5.41, 5.74) is 1.42. The molecule has 0 bridgehead atoms. The molecule has 1 heterocycles. The number of halogens is 3. The van der Waals surface area contributed by atoms with E-state index in [1.54, 1.807) is 0 Å². The van der Waals surface area contributed by atoms with E-state index in [0.29, 0.717) is 6.04 Å². The third-order valence-corrected chi connectivity index (χ3v) is 3.97. The van der Waals surface area contributed by atoms with Gasteiger partial charge in [-0.15, -0.1) is 24.8 Å². The van der Waals surface area contributed by atoms with Crippen LogP contribution in [-0.2, 0) is 0 Å². The summed E-state index contributed by atoms with van der Waals surface area (Å²) in [5, 5.41) is 3.41. The molecule has 0 radical (unpaired) electrons. The first-order chi connectivity index (χ1) is 7.83. The molecule has 1 aliphatic rings. The number of nitrogens with zero attached hydrogens (tertiary/aromatic N) is 1. The molecule has 0 spiro atoms. The highest BCUT2D eigenvalue weighted by molar-refractivity contribution is 9.10. The van der Waals surface area contributed by atoms with Gasteiger partial charge >= 0.3 is 0 Å². The Morgan fingerprint density at radius 1 is 1.22 bits per heavy atom. The minimum atomic E-state index is 0. The van der Waals surface area contributed by atoms with E-state index < -0.39 is 0 Å². The summed E-state index contributed by atoms with van der Waals surface area (Å²) in [6, 6.07) is 9.14. The molecule has 0 unspecified atom stereocenters. The average molecular weight is 356 g/mol. The maximum Gasteiger partial charge on any atom is 0.0357 e. The molecule has 2 rings (SSSR count). The number of hydrogen-bond donors (Lipinski definition) is 1. The first-order valence-electron chi connectivity index (χ1n) is 6.02. The Labute approximate surface area is 130 Å². The number of piperazine rings is 1. The van der Waals surface area contributed by atoms with Gasteiger partial charge in [-0.1, -0.05) is 41.1 Å². The van der Waals surface area contributed by atoms with Gasteiger partial charge in [-0.05, 0) is 18.1 Å². The molecule has 0 aliphatic carbocycles. The second-order valence-corrected chi connectivity index (χ2v) is 5.09. The van der Waals surface area contributed by atoms with E-state index in [4.69, 9.17) is 0 Å². The molecule has 1 saturated heterocycles. The lowest BCUT2D eigenvalue weighted by Gasteiger charge is -2.35. The Hall–Kier alpha value is 0.200. The van der Waals surface area contributed by atoms with Gasteiger partial charge in [-0.25, -0.2) is 0 Å². The van der Waals surface area contributed by atoms with E-state index in [-0.39, 0.29) is 24.8 Å². The Morgan fingerprint density at radius 3 is 2.39 bits per heavy atom. The fourth-order valence-corrected chi connectivity index (χ4v) is 2.96. The number of rotatable bonds is 3. The lowest BCUT2D eigenvalue weighted by atomic mass is 10.0. The van der Waals surface area contributed by atoms with E-state index in [1.807, 2.05) is 0 Å². The zero-order valence-corrected chi connectivity index (χ0v) is 13.8. The van der Waals surface area contributed by atoms with Crippen LogP contribution in [0, 0.1) is 0 Å². The smallest absolute Gasteiger partial charge is 0.0357 e. The van der Waals surface area contributed by atoms with E-state index in [0.717, 1.165) is 26.2 Å². The molecule has 18 heavy (non-hydrogen) atoms. The topological polar surface area (TPSA) is 15.3 Å². The van der Waals surface area contributed by atoms with Gasteiger partial charge in [0.15, 0.2) is 0 Å². The third kappa shape index (κ3) is 4.39. The Bertz CT molecular complexity index is 344. The minimum absolute atomic E-state index is 0. The van der Waals surface area contributed by atoms with Crippen molar-refractivity contribution in [3.8, 4) is 0 Å². The van der Waals surface area contributed by atoms with Gasteiger partial charge in [0.2, 0.25) is 0 Å². The normalized spacial score (nSPS) is 17.4. The van der Waals surface area contributed by atoms with E-state index in [2.05, 4.69) is 57.3 Å². The first kappa shape index (κ1) is 18.2. The molecule has 5 heteroatoms. The van der Waals surface area contributed by atoms with Crippen LogP contribution in [0.3, 0.4) is 0 Å². The monoisotopic (exact) mass is 354 g/mol. The first-order valence-corrected chi connectivity index (χ1v) is 6.81. The van der Waals surface area contributed by atoms with Gasteiger partial charge in [0.25, 0.3) is 0 Å². The summed E-state index contributed by atoms with van der Waals surface area (Å²) in [4.78, 5) is 2.58. The van der Waals surface area contributed by atoms with Crippen molar-refractivity contribution in [3.05, 3.63) is 34.3 Å². The SMILES string of the molecule is CC[C@H](c1ccccc1Br)N1CCNCC1.Cl.Cl. The minimum Gasteiger partial charge on any atom is -0.314 e. The molecule has 104 valence electrons. The van der Waals surface area contributed by atoms with Crippen molar-refractivity contribution < 1.29 is 0 Å². The average Bonchev–Trinajstić information content (AvgIpc) is 2.34. The van der Waals surface area contributed by atoms with Crippen LogP contribution in [0.1, 0.15) is 24.9 Å². The molecule has 1 fully saturated rings. The van der Waals surface area contributed by atoms with Crippen LogP contribution in [0.5, 0.6) is 0 Å². The molecule has 0 aromatic heterocycles. The molecular weight excluding hydrogens is 335 g/mol. The van der Waals surface area contributed by atoms with Crippen molar-refractivity contribution in [1.82, 2.24) is 10.2 Å². The molecule has 0 amide bonds. The largest absolute Gasteiger partial charge is 0.314 e. The van der Waals surface area contributed by atoms with Gasteiger partial charge in [0, 0.05) is 36.7 Å². The van der Waals surface area contributed by atoms with Crippen molar-refractivity contribution in [1.29, 1.82) is 0 Å². The summed E-state index contributed by atoms with van der Waals surface area (Å²) in [6.45, 7) is 6.80. The summed E-state index contributed by atoms with van der Waals surface area (Å²) in [5.74, 6) is 0. The molecule has 1 atom stereocenters. The zero-order chi connectivity index (χ0) is 11.4. The van der Waals surface area contributed by atoms with Crippen molar-refractivity contribution in [2.45, 2.75) is 19.4 Å². The summed E-state index contributed by atoms with van der Waals surface area (Å²) < 4.78 is 1.24. The number of hydrogen-bond acceptors (Lipinski definition) is 2. The predicted molar refractivity (Wildman–Crippen MR) is 86.1 cm³/mol. The van der Waals surface area contributed by atoms with E-state index in [1.165, 1.54) is 16.5 Å². The summed E-state index contributed by atoms with van der Waals surface area (Å²) in [6.07, 6.45) is 1.17. The van der Waals surface area contributed by atoms with Crippen molar-refractivity contribution in [2.24, 2.45) is 0 Å². The Kier molecular flexibility index (Phi) is 9.26. The van der Waals surface area contributed by atoms with Crippen molar-refractivity contribution in [3.63, 3.8) is 0 Å². The Balaban J connectivity index is 0.00000144. The molecule has 1 aromatic carbocycles. The molecular formula is C13H21BrCl2N2. The van der Waals surface area contributed by atoms with Crippen LogP contribution in [-0.4, -0.2) is 31.1 Å². The number of nitrogens with one attached hydrogen (secondary N) is 1. The standard InChI is InChI=1S/C13H19BrN2.2ClH/c1-2-13(16-9-7-15-8-10-16)11-5-3-4-6-12(11)14;;/h3-6,13,15H,2,7-10H2,1H3;2*1H/t13-;;/m1../s1. The van der Waals surface area contributed by atoms with Crippen LogP contribution in [0.15, 0.2) is 28.7 Å². The lowest BCUT2D eigenvalue weighted by Crippen LogP contribution is -2.45. The van der Waals surface area contributed by atoms with Gasteiger partial charge in [-0.3, -0.25) is 4.90 Å². The highest BCUT2D eigenvalue weighted by Gasteiger charge is 2.21. The molecule has 1 aromatic rings. The third-order valence-electron chi connectivity index (χ3n) is 3.24. The zero-order valence-electron chi connectivity index (χ0n) is 10.6. The quantitative estimate of drug-likeness (QED) is 0.890. The highest BCUT2D eigenvalue weighted by Crippen LogP contribution is 2.30. The van der Waals surface area contributed by atoms with Crippen molar-refractivity contribution in [2.75, 3.05) is 26.2 Å². The van der Waals surface area contributed by atoms with Crippen LogP contribution in [0.25, 0.3) is 0 Å². The highest BCUT2D eigenvalue weighted by atomic mass is 79.9. The van der Waals surface area contributed by atoms with Gasteiger partial charge in [0.05, 0.1) is 0 Å². The second kappa shape index (κ2) is 9.16. The van der Waals surface area contributed by atoms with Crippen LogP contribution in [0.4, 0.5) is 0 Å². The maximum absolute atomic E-state index is 3.66. The van der Waals surface area contributed by atoms with Crippen LogP contribution >= 0.6 is 40.7 Å². The lowest BCUT2D eigenvalue weighted by molar-refractivity contribution is 0.169. The fraction of sp³-hybridized carbons (Fsp3) is 0.538. The van der Waals surface area contributed by atoms with E-state index >= 15 is 0 Å². The molecule has 2 nitrogen and oxygen atoms in total. The predicted octanol–water partition coefficient (Wildman–Crippen LogP) is 3.65. The van der Waals surface area contributed by atoms with Gasteiger partial charge in [0.1, 0.15) is 0 Å². The van der Waals surface area contributed by atoms with Gasteiger partial charge < -0.3 is 5.32 Å². The van der Waals surface area contributed by atoms with Gasteiger partial charge in [-0.2, -0.15) is 0 Å². The summed E-state index contributed by atoms with van der Waals surface area (Å²) in [7, 11) is 0. The van der Waals surface area contributed by atoms with Crippen molar-refractivity contribution >= 4 is 40.7 Å².